The van der Waals surface area contributed by atoms with E-state index in [1.54, 1.807) is 18.2 Å². The number of hydrogen-bond donors (Lipinski definition) is 1. The summed E-state index contributed by atoms with van der Waals surface area (Å²) in [4.78, 5) is 28.9. The minimum absolute atomic E-state index is 0.00102. The number of nitrogens with one attached hydrogen (secondary N) is 1. The standard InChI is InChI=1S/C31H37Cl2N3O4S/c1-6-28(31(38)34-18-21(2)3)35(19-24-9-7-8-23(5)16-24)30(37)20-36(29-17-25(32)12-15-27(29)33)41(39,40)26-13-10-22(4)11-14-26/h7-17,21,28H,6,18-20H2,1-5H3,(H,34,38)/t28-/m1/s1. The van der Waals surface area contributed by atoms with Gasteiger partial charge in [-0.15, -0.1) is 0 Å². The Hall–Kier alpha value is -3.07. The molecule has 0 aliphatic carbocycles. The zero-order valence-corrected chi connectivity index (χ0v) is 26.4. The fourth-order valence-corrected chi connectivity index (χ4v) is 6.24. The van der Waals surface area contributed by atoms with Gasteiger partial charge >= 0.3 is 0 Å². The van der Waals surface area contributed by atoms with E-state index in [0.717, 1.165) is 21.0 Å². The molecule has 1 N–H and O–H groups in total. The molecule has 7 nitrogen and oxygen atoms in total. The molecule has 0 fully saturated rings. The van der Waals surface area contributed by atoms with Crippen molar-refractivity contribution in [3.05, 3.63) is 93.5 Å². The Balaban J connectivity index is 2.09. The van der Waals surface area contributed by atoms with Crippen LogP contribution in [-0.2, 0) is 26.2 Å². The fraction of sp³-hybridized carbons (Fsp3) is 0.355. The molecule has 3 rings (SSSR count). The summed E-state index contributed by atoms with van der Waals surface area (Å²) in [5, 5.41) is 3.30. The van der Waals surface area contributed by atoms with Crippen LogP contribution in [0.2, 0.25) is 10.0 Å². The number of carbonyl (C=O) groups is 2. The van der Waals surface area contributed by atoms with Gasteiger partial charge in [0, 0.05) is 18.1 Å². The van der Waals surface area contributed by atoms with Gasteiger partial charge in [0.2, 0.25) is 11.8 Å². The number of halogens is 2. The fourth-order valence-electron chi connectivity index (χ4n) is 4.38. The summed E-state index contributed by atoms with van der Waals surface area (Å²) in [7, 11) is -4.25. The molecule has 10 heteroatoms. The molecular formula is C31H37Cl2N3O4S. The third-order valence-electron chi connectivity index (χ3n) is 6.57. The van der Waals surface area contributed by atoms with Gasteiger partial charge in [0.15, 0.2) is 0 Å². The molecule has 0 aromatic heterocycles. The van der Waals surface area contributed by atoms with Gasteiger partial charge in [-0.1, -0.05) is 91.5 Å². The minimum atomic E-state index is -4.25. The molecule has 0 spiro atoms. The van der Waals surface area contributed by atoms with Gasteiger partial charge < -0.3 is 10.2 Å². The monoisotopic (exact) mass is 617 g/mol. The second-order valence-corrected chi connectivity index (χ2v) is 13.2. The first kappa shape index (κ1) is 32.4. The van der Waals surface area contributed by atoms with Gasteiger partial charge in [-0.2, -0.15) is 0 Å². The smallest absolute Gasteiger partial charge is 0.264 e. The number of aryl methyl sites for hydroxylation is 2. The van der Waals surface area contributed by atoms with Crippen molar-refractivity contribution in [1.82, 2.24) is 10.2 Å². The molecule has 3 aromatic rings. The zero-order chi connectivity index (χ0) is 30.3. The highest BCUT2D eigenvalue weighted by Gasteiger charge is 2.34. The number of nitrogens with zero attached hydrogens (tertiary/aromatic N) is 2. The van der Waals surface area contributed by atoms with E-state index in [4.69, 9.17) is 23.2 Å². The van der Waals surface area contributed by atoms with Crippen LogP contribution >= 0.6 is 23.2 Å². The second-order valence-electron chi connectivity index (χ2n) is 10.5. The van der Waals surface area contributed by atoms with Gasteiger partial charge in [0.25, 0.3) is 10.0 Å². The van der Waals surface area contributed by atoms with Crippen LogP contribution in [0.5, 0.6) is 0 Å². The first-order chi connectivity index (χ1) is 19.3. The van der Waals surface area contributed by atoms with Crippen molar-refractivity contribution in [2.45, 2.75) is 58.5 Å². The highest BCUT2D eigenvalue weighted by atomic mass is 35.5. The maximum absolute atomic E-state index is 14.2. The Labute approximate surface area is 253 Å². The molecular weight excluding hydrogens is 581 g/mol. The van der Waals surface area contributed by atoms with Crippen LogP contribution in [0.15, 0.2) is 71.6 Å². The number of amides is 2. The van der Waals surface area contributed by atoms with Gasteiger partial charge in [0.05, 0.1) is 15.6 Å². The third kappa shape index (κ3) is 8.47. The Bertz CT molecular complexity index is 1480. The van der Waals surface area contributed by atoms with E-state index < -0.39 is 28.5 Å². The van der Waals surface area contributed by atoms with Crippen LogP contribution in [0.3, 0.4) is 0 Å². The highest BCUT2D eigenvalue weighted by Crippen LogP contribution is 2.33. The van der Waals surface area contributed by atoms with Crippen LogP contribution in [0.1, 0.15) is 43.9 Å². The lowest BCUT2D eigenvalue weighted by Crippen LogP contribution is -2.52. The lowest BCUT2D eigenvalue weighted by Gasteiger charge is -2.33. The number of carbonyl (C=O) groups excluding carboxylic acids is 2. The average Bonchev–Trinajstić information content (AvgIpc) is 2.92. The molecule has 41 heavy (non-hydrogen) atoms. The molecule has 0 aliphatic heterocycles. The summed E-state index contributed by atoms with van der Waals surface area (Å²) < 4.78 is 29.0. The normalized spacial score (nSPS) is 12.2. The van der Waals surface area contributed by atoms with Crippen LogP contribution in [0.4, 0.5) is 5.69 Å². The minimum Gasteiger partial charge on any atom is -0.354 e. The van der Waals surface area contributed by atoms with Gasteiger partial charge in [-0.05, 0) is 62.1 Å². The summed E-state index contributed by atoms with van der Waals surface area (Å²) in [6.45, 7) is 9.58. The molecule has 0 radical (unpaired) electrons. The maximum atomic E-state index is 14.2. The molecule has 0 saturated heterocycles. The zero-order valence-electron chi connectivity index (χ0n) is 24.0. The van der Waals surface area contributed by atoms with E-state index in [9.17, 15) is 18.0 Å². The van der Waals surface area contributed by atoms with Crippen molar-refractivity contribution in [2.24, 2.45) is 5.92 Å². The summed E-state index contributed by atoms with van der Waals surface area (Å²) in [5.41, 5.74) is 2.78. The molecule has 0 heterocycles. The van der Waals surface area contributed by atoms with Crippen molar-refractivity contribution in [1.29, 1.82) is 0 Å². The van der Waals surface area contributed by atoms with Crippen LogP contribution in [0.25, 0.3) is 0 Å². The quantitative estimate of drug-likeness (QED) is 0.255. The Kier molecular flexibility index (Phi) is 11.2. The molecule has 3 aromatic carbocycles. The Morgan fingerprint density at radius 2 is 1.61 bits per heavy atom. The highest BCUT2D eigenvalue weighted by molar-refractivity contribution is 7.92. The maximum Gasteiger partial charge on any atom is 0.264 e. The summed E-state index contributed by atoms with van der Waals surface area (Å²) in [6, 6.07) is 17.6. The lowest BCUT2D eigenvalue weighted by atomic mass is 10.1. The summed E-state index contributed by atoms with van der Waals surface area (Å²) in [6.07, 6.45) is 0.337. The SMILES string of the molecule is CC[C@H](C(=O)NCC(C)C)N(Cc1cccc(C)c1)C(=O)CN(c1cc(Cl)ccc1Cl)S(=O)(=O)c1ccc(C)cc1. The number of sulfonamides is 1. The van der Waals surface area contributed by atoms with E-state index in [2.05, 4.69) is 5.32 Å². The topological polar surface area (TPSA) is 86.8 Å². The van der Waals surface area contributed by atoms with Gasteiger partial charge in [-0.3, -0.25) is 13.9 Å². The van der Waals surface area contributed by atoms with Crippen molar-refractivity contribution in [3.8, 4) is 0 Å². The van der Waals surface area contributed by atoms with E-state index in [1.165, 1.54) is 29.2 Å². The van der Waals surface area contributed by atoms with Crippen LogP contribution < -0.4 is 9.62 Å². The molecule has 0 aliphatic rings. The van der Waals surface area contributed by atoms with E-state index in [-0.39, 0.29) is 39.0 Å². The number of rotatable bonds is 12. The molecule has 220 valence electrons. The Morgan fingerprint density at radius 1 is 0.927 bits per heavy atom. The first-order valence-electron chi connectivity index (χ1n) is 13.5. The average molecular weight is 619 g/mol. The van der Waals surface area contributed by atoms with Crippen molar-refractivity contribution in [2.75, 3.05) is 17.4 Å². The van der Waals surface area contributed by atoms with Crippen LogP contribution in [0, 0.1) is 19.8 Å². The van der Waals surface area contributed by atoms with E-state index >= 15 is 0 Å². The number of anilines is 1. The van der Waals surface area contributed by atoms with E-state index in [1.807, 2.05) is 58.9 Å². The largest absolute Gasteiger partial charge is 0.354 e. The Morgan fingerprint density at radius 3 is 2.22 bits per heavy atom. The van der Waals surface area contributed by atoms with Crippen molar-refractivity contribution < 1.29 is 18.0 Å². The van der Waals surface area contributed by atoms with Crippen molar-refractivity contribution >= 4 is 50.7 Å². The predicted octanol–water partition coefficient (Wildman–Crippen LogP) is 6.39. The number of benzene rings is 3. The molecule has 0 unspecified atom stereocenters. The van der Waals surface area contributed by atoms with E-state index in [0.29, 0.717) is 13.0 Å². The van der Waals surface area contributed by atoms with Crippen molar-refractivity contribution in [3.63, 3.8) is 0 Å². The molecule has 0 saturated carbocycles. The molecule has 1 atom stereocenters. The summed E-state index contributed by atoms with van der Waals surface area (Å²) >= 11 is 12.7. The van der Waals surface area contributed by atoms with Gasteiger partial charge in [-0.25, -0.2) is 8.42 Å². The molecule has 2 amide bonds. The lowest BCUT2D eigenvalue weighted by molar-refractivity contribution is -0.140. The van der Waals surface area contributed by atoms with Crippen LogP contribution in [-0.4, -0.2) is 44.3 Å². The third-order valence-corrected chi connectivity index (χ3v) is 8.90. The summed E-state index contributed by atoms with van der Waals surface area (Å²) in [5.74, 6) is -0.627. The second kappa shape index (κ2) is 14.2. The molecule has 0 bridgehead atoms. The predicted molar refractivity (Wildman–Crippen MR) is 166 cm³/mol. The van der Waals surface area contributed by atoms with Gasteiger partial charge in [0.1, 0.15) is 12.6 Å². The number of hydrogen-bond acceptors (Lipinski definition) is 4. The first-order valence-corrected chi connectivity index (χ1v) is 15.7.